The first-order chi connectivity index (χ1) is 13.6. The van der Waals surface area contributed by atoms with Gasteiger partial charge in [0.05, 0.1) is 0 Å². The zero-order valence-corrected chi connectivity index (χ0v) is 16.5. The highest BCUT2D eigenvalue weighted by Gasteiger charge is 2.25. The van der Waals surface area contributed by atoms with Crippen LogP contribution in [0.2, 0.25) is 0 Å². The number of fused-ring (bicyclic) bond motifs is 1. The van der Waals surface area contributed by atoms with Crippen LogP contribution >= 0.6 is 11.8 Å². The van der Waals surface area contributed by atoms with E-state index in [0.717, 1.165) is 28.0 Å². The van der Waals surface area contributed by atoms with Gasteiger partial charge in [-0.1, -0.05) is 60.3 Å². The number of amides is 1. The Hall–Kier alpha value is -3.12. The molecule has 0 bridgehead atoms. The quantitative estimate of drug-likeness (QED) is 0.498. The molecule has 2 aromatic heterocycles. The van der Waals surface area contributed by atoms with Crippen LogP contribution in [0.25, 0.3) is 5.65 Å². The van der Waals surface area contributed by atoms with Gasteiger partial charge in [-0.15, -0.1) is 10.2 Å². The fraction of sp³-hybridized carbons (Fsp3) is 0.136. The molecule has 140 valence electrons. The molecule has 0 radical (unpaired) electrons. The van der Waals surface area contributed by atoms with Crippen molar-refractivity contribution >= 4 is 29.0 Å². The Kier molecular flexibility index (Phi) is 5.12. The van der Waals surface area contributed by atoms with Gasteiger partial charge in [0.1, 0.15) is 5.25 Å². The summed E-state index contributed by atoms with van der Waals surface area (Å²) in [5.41, 5.74) is 4.64. The van der Waals surface area contributed by atoms with Gasteiger partial charge in [-0.25, -0.2) is 0 Å². The minimum atomic E-state index is -0.450. The van der Waals surface area contributed by atoms with Crippen molar-refractivity contribution in [3.63, 3.8) is 0 Å². The van der Waals surface area contributed by atoms with Crippen LogP contribution < -0.4 is 5.32 Å². The van der Waals surface area contributed by atoms with Gasteiger partial charge in [-0.2, -0.15) is 0 Å². The summed E-state index contributed by atoms with van der Waals surface area (Å²) in [5, 5.41) is 11.8. The van der Waals surface area contributed by atoms with Crippen LogP contribution in [0.15, 0.2) is 78.1 Å². The minimum absolute atomic E-state index is 0.0856. The van der Waals surface area contributed by atoms with Crippen LogP contribution in [0.4, 0.5) is 5.69 Å². The number of nitrogens with one attached hydrogen (secondary N) is 1. The molecular formula is C22H20N4OS. The zero-order valence-electron chi connectivity index (χ0n) is 15.7. The van der Waals surface area contributed by atoms with E-state index in [2.05, 4.69) is 15.5 Å². The fourth-order valence-electron chi connectivity index (χ4n) is 2.97. The van der Waals surface area contributed by atoms with Crippen molar-refractivity contribution in [2.45, 2.75) is 24.3 Å². The van der Waals surface area contributed by atoms with Crippen molar-refractivity contribution in [1.29, 1.82) is 0 Å². The van der Waals surface area contributed by atoms with Crippen LogP contribution in [0.3, 0.4) is 0 Å². The molecule has 6 heteroatoms. The number of hydrogen-bond donors (Lipinski definition) is 1. The Balaban J connectivity index is 1.67. The van der Waals surface area contributed by atoms with Crippen LogP contribution in [0.1, 0.15) is 21.9 Å². The molecule has 0 saturated carbocycles. The molecule has 4 aromatic rings. The van der Waals surface area contributed by atoms with Crippen molar-refractivity contribution < 1.29 is 4.79 Å². The third-order valence-corrected chi connectivity index (χ3v) is 5.71. The number of rotatable bonds is 5. The number of carbonyl (C=O) groups excluding carboxylic acids is 1. The lowest BCUT2D eigenvalue weighted by Crippen LogP contribution is -2.20. The summed E-state index contributed by atoms with van der Waals surface area (Å²) in [4.78, 5) is 13.2. The van der Waals surface area contributed by atoms with Crippen molar-refractivity contribution in [1.82, 2.24) is 14.6 Å². The summed E-state index contributed by atoms with van der Waals surface area (Å²) in [5.74, 6) is -0.0856. The molecular weight excluding hydrogens is 368 g/mol. The molecule has 0 aliphatic carbocycles. The van der Waals surface area contributed by atoms with Crippen molar-refractivity contribution in [3.8, 4) is 0 Å². The number of pyridine rings is 1. The summed E-state index contributed by atoms with van der Waals surface area (Å²) in [7, 11) is 0. The second-order valence-electron chi connectivity index (χ2n) is 6.63. The molecule has 2 aromatic carbocycles. The molecule has 0 fully saturated rings. The molecule has 0 spiro atoms. The van der Waals surface area contributed by atoms with Gasteiger partial charge in [0, 0.05) is 11.9 Å². The maximum absolute atomic E-state index is 13.2. The lowest BCUT2D eigenvalue weighted by Gasteiger charge is -2.17. The molecule has 0 aliphatic heterocycles. The number of aryl methyl sites for hydroxylation is 2. The lowest BCUT2D eigenvalue weighted by atomic mass is 10.1. The Labute approximate surface area is 167 Å². The zero-order chi connectivity index (χ0) is 19.5. The van der Waals surface area contributed by atoms with Crippen molar-refractivity contribution in [2.24, 2.45) is 0 Å². The van der Waals surface area contributed by atoms with Gasteiger partial charge < -0.3 is 5.32 Å². The highest BCUT2D eigenvalue weighted by Crippen LogP contribution is 2.35. The van der Waals surface area contributed by atoms with Gasteiger partial charge in [0.2, 0.25) is 5.91 Å². The minimum Gasteiger partial charge on any atom is -0.325 e. The largest absolute Gasteiger partial charge is 0.325 e. The number of hydrogen-bond acceptors (Lipinski definition) is 4. The monoisotopic (exact) mass is 388 g/mol. The number of anilines is 1. The Morgan fingerprint density at radius 2 is 1.79 bits per heavy atom. The maximum Gasteiger partial charge on any atom is 0.242 e. The molecule has 1 amide bonds. The van der Waals surface area contributed by atoms with Crippen LogP contribution in [-0.2, 0) is 4.79 Å². The molecule has 0 unspecified atom stereocenters. The van der Waals surface area contributed by atoms with Gasteiger partial charge >= 0.3 is 0 Å². The van der Waals surface area contributed by atoms with Crippen LogP contribution in [-0.4, -0.2) is 20.5 Å². The molecule has 1 N–H and O–H groups in total. The number of nitrogens with zero attached hydrogens (tertiary/aromatic N) is 3. The number of aromatic nitrogens is 3. The maximum atomic E-state index is 13.2. The Bertz CT molecular complexity index is 1120. The van der Waals surface area contributed by atoms with Crippen LogP contribution in [0, 0.1) is 13.8 Å². The number of carbonyl (C=O) groups is 1. The topological polar surface area (TPSA) is 59.3 Å². The molecule has 0 saturated heterocycles. The van der Waals surface area contributed by atoms with Gasteiger partial charge in [-0.05, 0) is 48.7 Å². The standard InChI is InChI=1S/C22H20N4OS/c1-15-11-12-16(2)18(14-15)23-21(27)20(17-8-4-3-5-9-17)28-22-25-24-19-10-6-7-13-26(19)22/h3-14,20H,1-2H3,(H,23,27)/t20-/m0/s1. The van der Waals surface area contributed by atoms with E-state index in [9.17, 15) is 4.79 Å². The third-order valence-electron chi connectivity index (χ3n) is 4.50. The average Bonchev–Trinajstić information content (AvgIpc) is 3.12. The number of thioether (sulfide) groups is 1. The normalized spacial score (nSPS) is 12.1. The van der Waals surface area contributed by atoms with Gasteiger partial charge in [-0.3, -0.25) is 9.20 Å². The second-order valence-corrected chi connectivity index (χ2v) is 7.70. The smallest absolute Gasteiger partial charge is 0.242 e. The third kappa shape index (κ3) is 3.77. The summed E-state index contributed by atoms with van der Waals surface area (Å²) >= 11 is 1.39. The summed E-state index contributed by atoms with van der Waals surface area (Å²) in [6.45, 7) is 4.01. The second kappa shape index (κ2) is 7.86. The van der Waals surface area contributed by atoms with Gasteiger partial charge in [0.25, 0.3) is 0 Å². The average molecular weight is 388 g/mol. The molecule has 1 atom stereocenters. The van der Waals surface area contributed by atoms with Crippen molar-refractivity contribution in [3.05, 3.63) is 89.6 Å². The van der Waals surface area contributed by atoms with E-state index in [1.165, 1.54) is 11.8 Å². The fourth-order valence-corrected chi connectivity index (χ4v) is 4.00. The molecule has 2 heterocycles. The lowest BCUT2D eigenvalue weighted by molar-refractivity contribution is -0.115. The molecule has 5 nitrogen and oxygen atoms in total. The highest BCUT2D eigenvalue weighted by atomic mass is 32.2. The van der Waals surface area contributed by atoms with E-state index in [4.69, 9.17) is 0 Å². The SMILES string of the molecule is Cc1ccc(C)c(NC(=O)[C@@H](Sc2nnc3ccccn23)c2ccccc2)c1. The van der Waals surface area contributed by atoms with E-state index in [1.54, 1.807) is 0 Å². The summed E-state index contributed by atoms with van der Waals surface area (Å²) < 4.78 is 1.89. The predicted molar refractivity (Wildman–Crippen MR) is 113 cm³/mol. The Morgan fingerprint density at radius 3 is 2.61 bits per heavy atom. The predicted octanol–water partition coefficient (Wildman–Crippen LogP) is 4.82. The summed E-state index contributed by atoms with van der Waals surface area (Å²) in [6, 6.07) is 21.5. The van der Waals surface area contributed by atoms with Gasteiger partial charge in [0.15, 0.2) is 10.8 Å². The van der Waals surface area contributed by atoms with E-state index in [1.807, 2.05) is 91.2 Å². The Morgan fingerprint density at radius 1 is 1.00 bits per heavy atom. The first kappa shape index (κ1) is 18.3. The highest BCUT2D eigenvalue weighted by molar-refractivity contribution is 8.00. The van der Waals surface area contributed by atoms with Crippen LogP contribution in [0.5, 0.6) is 0 Å². The molecule has 4 rings (SSSR count). The van der Waals surface area contributed by atoms with Crippen molar-refractivity contribution in [2.75, 3.05) is 5.32 Å². The van der Waals surface area contributed by atoms with E-state index in [-0.39, 0.29) is 5.91 Å². The molecule has 28 heavy (non-hydrogen) atoms. The first-order valence-corrected chi connectivity index (χ1v) is 9.89. The molecule has 0 aliphatic rings. The van der Waals surface area contributed by atoms with E-state index in [0.29, 0.717) is 5.16 Å². The first-order valence-electron chi connectivity index (χ1n) is 9.01. The van der Waals surface area contributed by atoms with E-state index < -0.39 is 5.25 Å². The summed E-state index contributed by atoms with van der Waals surface area (Å²) in [6.07, 6.45) is 1.91. The van der Waals surface area contributed by atoms with E-state index >= 15 is 0 Å². The number of benzene rings is 2.